The Bertz CT molecular complexity index is 946. The van der Waals surface area contributed by atoms with E-state index in [4.69, 9.17) is 0 Å². The molecule has 0 unspecified atom stereocenters. The van der Waals surface area contributed by atoms with Crippen LogP contribution in [-0.2, 0) is 0 Å². The molecule has 0 radical (unpaired) electrons. The van der Waals surface area contributed by atoms with Crippen LogP contribution in [0, 0.1) is 0 Å². The molecule has 1 fully saturated rings. The highest BCUT2D eigenvalue weighted by molar-refractivity contribution is 7.13. The van der Waals surface area contributed by atoms with Gasteiger partial charge in [0.1, 0.15) is 10.7 Å². The summed E-state index contributed by atoms with van der Waals surface area (Å²) in [5.74, 6) is 0.00560. The lowest BCUT2D eigenvalue weighted by Crippen LogP contribution is -2.60. The molecule has 7 heteroatoms. The highest BCUT2D eigenvalue weighted by Gasteiger charge is 2.36. The maximum absolute atomic E-state index is 13.0. The lowest BCUT2D eigenvalue weighted by Gasteiger charge is -2.45. The largest absolute Gasteiger partial charge is 0.330 e. The van der Waals surface area contributed by atoms with Crippen LogP contribution in [0.1, 0.15) is 24.3 Å². The highest BCUT2D eigenvalue weighted by atomic mass is 32.1. The summed E-state index contributed by atoms with van der Waals surface area (Å²) in [6, 6.07) is 9.95. The number of aromatic nitrogens is 3. The SMILES string of the molecule is CN1CCN(C(=O)c2csc(-c3cnn(-c4ccccc4)c3)n2)C(C)(C)C1. The van der Waals surface area contributed by atoms with E-state index in [0.29, 0.717) is 5.69 Å². The molecule has 0 aliphatic carbocycles. The molecule has 4 rings (SSSR count). The van der Waals surface area contributed by atoms with Crippen molar-refractivity contribution in [3.8, 4) is 16.3 Å². The molecule has 3 aromatic rings. The molecule has 3 heterocycles. The zero-order chi connectivity index (χ0) is 19.0. The van der Waals surface area contributed by atoms with Gasteiger partial charge in [-0.2, -0.15) is 5.10 Å². The van der Waals surface area contributed by atoms with Gasteiger partial charge in [0.25, 0.3) is 5.91 Å². The quantitative estimate of drug-likeness (QED) is 0.699. The molecule has 1 aliphatic rings. The molecule has 1 aliphatic heterocycles. The predicted molar refractivity (Wildman–Crippen MR) is 107 cm³/mol. The van der Waals surface area contributed by atoms with Crippen molar-refractivity contribution >= 4 is 17.2 Å². The summed E-state index contributed by atoms with van der Waals surface area (Å²) < 4.78 is 1.82. The highest BCUT2D eigenvalue weighted by Crippen LogP contribution is 2.27. The number of rotatable bonds is 3. The third kappa shape index (κ3) is 3.52. The summed E-state index contributed by atoms with van der Waals surface area (Å²) >= 11 is 1.48. The molecule has 140 valence electrons. The molecule has 0 N–H and O–H groups in total. The number of carbonyl (C=O) groups excluding carboxylic acids is 1. The second kappa shape index (κ2) is 6.90. The molecule has 1 aromatic carbocycles. The second-order valence-corrected chi connectivity index (χ2v) is 8.41. The topological polar surface area (TPSA) is 54.3 Å². The number of thiazole rings is 1. The van der Waals surface area contributed by atoms with Gasteiger partial charge < -0.3 is 9.80 Å². The van der Waals surface area contributed by atoms with Crippen molar-refractivity contribution in [2.45, 2.75) is 19.4 Å². The van der Waals surface area contributed by atoms with Crippen molar-refractivity contribution < 1.29 is 4.79 Å². The van der Waals surface area contributed by atoms with Crippen molar-refractivity contribution in [3.05, 3.63) is 53.8 Å². The number of piperazine rings is 1. The van der Waals surface area contributed by atoms with Gasteiger partial charge in [-0.1, -0.05) is 18.2 Å². The molecule has 0 saturated carbocycles. The molecule has 2 aromatic heterocycles. The average molecular weight is 382 g/mol. The number of hydrogen-bond acceptors (Lipinski definition) is 5. The van der Waals surface area contributed by atoms with Crippen LogP contribution in [0.2, 0.25) is 0 Å². The minimum absolute atomic E-state index is 0.00560. The van der Waals surface area contributed by atoms with E-state index >= 15 is 0 Å². The maximum atomic E-state index is 13.0. The van der Waals surface area contributed by atoms with Gasteiger partial charge in [0.15, 0.2) is 0 Å². The Labute approximate surface area is 163 Å². The second-order valence-electron chi connectivity index (χ2n) is 7.55. The van der Waals surface area contributed by atoms with Crippen molar-refractivity contribution in [3.63, 3.8) is 0 Å². The first kappa shape index (κ1) is 17.9. The summed E-state index contributed by atoms with van der Waals surface area (Å²) in [4.78, 5) is 21.8. The van der Waals surface area contributed by atoms with Crippen LogP contribution in [0.3, 0.4) is 0 Å². The predicted octanol–water partition coefficient (Wildman–Crippen LogP) is 3.16. The Balaban J connectivity index is 1.55. The number of nitrogens with zero attached hydrogens (tertiary/aromatic N) is 5. The van der Waals surface area contributed by atoms with Crippen LogP contribution in [0.15, 0.2) is 48.1 Å². The molecule has 0 bridgehead atoms. The maximum Gasteiger partial charge on any atom is 0.273 e. The van der Waals surface area contributed by atoms with E-state index in [1.54, 1.807) is 6.20 Å². The molecule has 27 heavy (non-hydrogen) atoms. The fourth-order valence-corrected chi connectivity index (χ4v) is 4.34. The van der Waals surface area contributed by atoms with E-state index < -0.39 is 0 Å². The Morgan fingerprint density at radius 2 is 1.96 bits per heavy atom. The number of carbonyl (C=O) groups is 1. The van der Waals surface area contributed by atoms with Gasteiger partial charge in [-0.15, -0.1) is 11.3 Å². The molecule has 6 nitrogen and oxygen atoms in total. The van der Waals surface area contributed by atoms with Gasteiger partial charge in [-0.3, -0.25) is 4.79 Å². The number of para-hydroxylation sites is 1. The number of amides is 1. The lowest BCUT2D eigenvalue weighted by molar-refractivity contribution is 0.0244. The van der Waals surface area contributed by atoms with E-state index in [2.05, 4.69) is 35.9 Å². The number of hydrogen-bond donors (Lipinski definition) is 0. The third-order valence-corrected chi connectivity index (χ3v) is 5.80. The Kier molecular flexibility index (Phi) is 4.57. The van der Waals surface area contributed by atoms with Crippen LogP contribution >= 0.6 is 11.3 Å². The molecule has 0 spiro atoms. The Morgan fingerprint density at radius 1 is 1.19 bits per heavy atom. The van der Waals surface area contributed by atoms with Crippen LogP contribution in [0.5, 0.6) is 0 Å². The van der Waals surface area contributed by atoms with Crippen molar-refractivity contribution in [2.75, 3.05) is 26.7 Å². The molecule has 1 saturated heterocycles. The molecule has 1 amide bonds. The molecular weight excluding hydrogens is 358 g/mol. The average Bonchev–Trinajstić information content (AvgIpc) is 3.31. The van der Waals surface area contributed by atoms with Gasteiger partial charge >= 0.3 is 0 Å². The van der Waals surface area contributed by atoms with Gasteiger partial charge in [-0.25, -0.2) is 9.67 Å². The normalized spacial score (nSPS) is 17.2. The summed E-state index contributed by atoms with van der Waals surface area (Å²) in [5, 5.41) is 7.09. The van der Waals surface area contributed by atoms with Crippen LogP contribution < -0.4 is 0 Å². The summed E-state index contributed by atoms with van der Waals surface area (Å²) in [7, 11) is 2.09. The van der Waals surface area contributed by atoms with Gasteiger partial charge in [0.05, 0.1) is 17.4 Å². The summed E-state index contributed by atoms with van der Waals surface area (Å²) in [6.45, 7) is 6.69. The summed E-state index contributed by atoms with van der Waals surface area (Å²) in [5.41, 5.74) is 2.22. The fraction of sp³-hybridized carbons (Fsp3) is 0.350. The summed E-state index contributed by atoms with van der Waals surface area (Å²) in [6.07, 6.45) is 3.74. The van der Waals surface area contributed by atoms with E-state index in [-0.39, 0.29) is 11.4 Å². The molecule has 0 atom stereocenters. The van der Waals surface area contributed by atoms with E-state index in [9.17, 15) is 4.79 Å². The Hall–Kier alpha value is -2.51. The lowest BCUT2D eigenvalue weighted by atomic mass is 9.98. The molecular formula is C20H23N5OS. The van der Waals surface area contributed by atoms with E-state index in [1.165, 1.54) is 11.3 Å². The minimum Gasteiger partial charge on any atom is -0.330 e. The first-order chi connectivity index (χ1) is 12.9. The van der Waals surface area contributed by atoms with Gasteiger partial charge in [-0.05, 0) is 33.0 Å². The van der Waals surface area contributed by atoms with Gasteiger partial charge in [0.2, 0.25) is 0 Å². The standard InChI is InChI=1S/C20H23N5OS/c1-20(2)14-23(3)9-10-24(20)19(26)17-13-27-18(22-17)15-11-21-25(12-15)16-7-5-4-6-8-16/h4-8,11-13H,9-10,14H2,1-3H3. The first-order valence-corrected chi connectivity index (χ1v) is 9.88. The van der Waals surface area contributed by atoms with Crippen LogP contribution in [-0.4, -0.2) is 62.7 Å². The van der Waals surface area contributed by atoms with Crippen LogP contribution in [0.4, 0.5) is 0 Å². The van der Waals surface area contributed by atoms with Crippen molar-refractivity contribution in [1.82, 2.24) is 24.6 Å². The van der Waals surface area contributed by atoms with E-state index in [1.807, 2.05) is 51.5 Å². The van der Waals surface area contributed by atoms with Crippen molar-refractivity contribution in [2.24, 2.45) is 0 Å². The number of benzene rings is 1. The van der Waals surface area contributed by atoms with Crippen LogP contribution in [0.25, 0.3) is 16.3 Å². The third-order valence-electron chi connectivity index (χ3n) is 4.91. The first-order valence-electron chi connectivity index (χ1n) is 9.00. The van der Waals surface area contributed by atoms with Gasteiger partial charge in [0, 0.05) is 36.8 Å². The Morgan fingerprint density at radius 3 is 2.70 bits per heavy atom. The zero-order valence-electron chi connectivity index (χ0n) is 15.8. The van der Waals surface area contributed by atoms with E-state index in [0.717, 1.165) is 35.9 Å². The minimum atomic E-state index is -0.202. The number of likely N-dealkylation sites (N-methyl/N-ethyl adjacent to an activating group) is 1. The fourth-order valence-electron chi connectivity index (χ4n) is 3.57. The zero-order valence-corrected chi connectivity index (χ0v) is 16.6. The smallest absolute Gasteiger partial charge is 0.273 e. The van der Waals surface area contributed by atoms with Crippen molar-refractivity contribution in [1.29, 1.82) is 0 Å². The monoisotopic (exact) mass is 381 g/mol.